The predicted octanol–water partition coefficient (Wildman–Crippen LogP) is 3.46. The fourth-order valence-electron chi connectivity index (χ4n) is 1.86. The van der Waals surface area contributed by atoms with Crippen LogP contribution in [0.15, 0.2) is 27.2 Å². The van der Waals surface area contributed by atoms with Crippen molar-refractivity contribution >= 4 is 21.9 Å². The van der Waals surface area contributed by atoms with Crippen molar-refractivity contribution in [1.82, 2.24) is 10.1 Å². The van der Waals surface area contributed by atoms with Gasteiger partial charge in [0.15, 0.2) is 0 Å². The van der Waals surface area contributed by atoms with Gasteiger partial charge in [-0.15, -0.1) is 0 Å². The SMILES string of the molecule is Cc1ccc(-c2noc(CC(C)CC(=O)O)n2)cc1Br. The summed E-state index contributed by atoms with van der Waals surface area (Å²) in [6.07, 6.45) is 0.556. The number of benzene rings is 1. The molecule has 6 heteroatoms. The van der Waals surface area contributed by atoms with Gasteiger partial charge in [0.1, 0.15) is 0 Å². The molecule has 0 amide bonds. The second-order valence-corrected chi connectivity index (χ2v) is 5.74. The van der Waals surface area contributed by atoms with Gasteiger partial charge in [0.2, 0.25) is 11.7 Å². The number of nitrogens with zero attached hydrogens (tertiary/aromatic N) is 2. The van der Waals surface area contributed by atoms with E-state index in [1.54, 1.807) is 0 Å². The first kappa shape index (κ1) is 14.7. The van der Waals surface area contributed by atoms with Crippen LogP contribution in [0, 0.1) is 12.8 Å². The van der Waals surface area contributed by atoms with E-state index in [2.05, 4.69) is 26.1 Å². The summed E-state index contributed by atoms with van der Waals surface area (Å²) in [4.78, 5) is 14.9. The summed E-state index contributed by atoms with van der Waals surface area (Å²) in [5, 5.41) is 12.7. The normalized spacial score (nSPS) is 12.3. The highest BCUT2D eigenvalue weighted by Gasteiger charge is 2.14. The largest absolute Gasteiger partial charge is 0.481 e. The third-order valence-corrected chi connectivity index (χ3v) is 3.80. The van der Waals surface area contributed by atoms with Crippen molar-refractivity contribution in [3.8, 4) is 11.4 Å². The average molecular weight is 339 g/mol. The number of aliphatic carboxylic acids is 1. The molecule has 0 aliphatic carbocycles. The van der Waals surface area contributed by atoms with Crippen LogP contribution in [-0.2, 0) is 11.2 Å². The van der Waals surface area contributed by atoms with E-state index < -0.39 is 5.97 Å². The van der Waals surface area contributed by atoms with Gasteiger partial charge < -0.3 is 9.63 Å². The van der Waals surface area contributed by atoms with Crippen molar-refractivity contribution < 1.29 is 14.4 Å². The highest BCUT2D eigenvalue weighted by Crippen LogP contribution is 2.24. The molecular weight excluding hydrogens is 324 g/mol. The number of carbonyl (C=O) groups is 1. The van der Waals surface area contributed by atoms with Crippen LogP contribution in [0.4, 0.5) is 0 Å². The van der Waals surface area contributed by atoms with Gasteiger partial charge in [-0.2, -0.15) is 4.98 Å². The lowest BCUT2D eigenvalue weighted by molar-refractivity contribution is -0.137. The topological polar surface area (TPSA) is 76.2 Å². The quantitative estimate of drug-likeness (QED) is 0.903. The van der Waals surface area contributed by atoms with E-state index in [0.29, 0.717) is 18.1 Å². The molecule has 1 heterocycles. The van der Waals surface area contributed by atoms with Crippen molar-refractivity contribution in [2.75, 3.05) is 0 Å². The summed E-state index contributed by atoms with van der Waals surface area (Å²) in [5.74, 6) is 0.124. The van der Waals surface area contributed by atoms with E-state index in [-0.39, 0.29) is 12.3 Å². The maximum atomic E-state index is 10.6. The van der Waals surface area contributed by atoms with Crippen LogP contribution >= 0.6 is 15.9 Å². The van der Waals surface area contributed by atoms with Gasteiger partial charge in [-0.1, -0.05) is 40.1 Å². The van der Waals surface area contributed by atoms with E-state index in [9.17, 15) is 4.79 Å². The van der Waals surface area contributed by atoms with Crippen molar-refractivity contribution in [3.05, 3.63) is 34.1 Å². The molecule has 0 bridgehead atoms. The molecule has 5 nitrogen and oxygen atoms in total. The Morgan fingerprint density at radius 1 is 1.50 bits per heavy atom. The second-order valence-electron chi connectivity index (χ2n) is 4.88. The molecule has 1 aromatic heterocycles. The Kier molecular flexibility index (Phi) is 4.54. The van der Waals surface area contributed by atoms with E-state index in [0.717, 1.165) is 15.6 Å². The van der Waals surface area contributed by atoms with Crippen LogP contribution in [0.1, 0.15) is 24.8 Å². The molecule has 0 fully saturated rings. The molecule has 2 aromatic rings. The molecule has 106 valence electrons. The minimum atomic E-state index is -0.820. The molecule has 1 atom stereocenters. The van der Waals surface area contributed by atoms with E-state index >= 15 is 0 Å². The first-order valence-corrected chi connectivity index (χ1v) is 7.06. The summed E-state index contributed by atoms with van der Waals surface area (Å²) in [7, 11) is 0. The zero-order chi connectivity index (χ0) is 14.7. The number of aryl methyl sites for hydroxylation is 1. The third kappa shape index (κ3) is 3.66. The summed E-state index contributed by atoms with van der Waals surface area (Å²) < 4.78 is 6.16. The lowest BCUT2D eigenvalue weighted by atomic mass is 10.0. The molecule has 1 aromatic carbocycles. The average Bonchev–Trinajstić information content (AvgIpc) is 2.80. The van der Waals surface area contributed by atoms with Gasteiger partial charge in [0.05, 0.1) is 0 Å². The first-order valence-electron chi connectivity index (χ1n) is 6.26. The molecule has 1 N–H and O–H groups in total. The molecule has 0 radical (unpaired) electrons. The van der Waals surface area contributed by atoms with Gasteiger partial charge >= 0.3 is 5.97 Å². The van der Waals surface area contributed by atoms with Crippen molar-refractivity contribution in [2.45, 2.75) is 26.7 Å². The zero-order valence-corrected chi connectivity index (χ0v) is 12.8. The highest BCUT2D eigenvalue weighted by atomic mass is 79.9. The van der Waals surface area contributed by atoms with E-state index in [1.165, 1.54) is 0 Å². The maximum absolute atomic E-state index is 10.6. The first-order chi connectivity index (χ1) is 9.45. The number of rotatable bonds is 5. The standard InChI is InChI=1S/C14H15BrN2O3/c1-8(6-13(18)19)5-12-16-14(17-20-12)10-4-3-9(2)11(15)7-10/h3-4,7-8H,5-6H2,1-2H3,(H,18,19). The zero-order valence-electron chi connectivity index (χ0n) is 11.3. The minimum Gasteiger partial charge on any atom is -0.481 e. The minimum absolute atomic E-state index is 0.0365. The Labute approximate surface area is 125 Å². The molecule has 0 aliphatic heterocycles. The Balaban J connectivity index is 2.12. The number of carboxylic acid groups (broad SMARTS) is 1. The summed E-state index contributed by atoms with van der Waals surface area (Å²) in [5.41, 5.74) is 2.00. The van der Waals surface area contributed by atoms with Gasteiger partial charge in [0.25, 0.3) is 0 Å². The molecule has 0 aliphatic rings. The van der Waals surface area contributed by atoms with Crippen LogP contribution in [0.2, 0.25) is 0 Å². The van der Waals surface area contributed by atoms with Crippen molar-refractivity contribution in [1.29, 1.82) is 0 Å². The summed E-state index contributed by atoms with van der Waals surface area (Å²) >= 11 is 3.47. The number of hydrogen-bond acceptors (Lipinski definition) is 4. The highest BCUT2D eigenvalue weighted by molar-refractivity contribution is 9.10. The van der Waals surface area contributed by atoms with Gasteiger partial charge in [-0.05, 0) is 24.5 Å². The van der Waals surface area contributed by atoms with Gasteiger partial charge in [-0.25, -0.2) is 0 Å². The van der Waals surface area contributed by atoms with Crippen LogP contribution in [0.5, 0.6) is 0 Å². The lowest BCUT2D eigenvalue weighted by Gasteiger charge is -2.03. The third-order valence-electron chi connectivity index (χ3n) is 2.94. The van der Waals surface area contributed by atoms with Gasteiger partial charge in [0, 0.05) is 22.9 Å². The Bertz CT molecular complexity index is 625. The Morgan fingerprint density at radius 2 is 2.25 bits per heavy atom. The second kappa shape index (κ2) is 6.17. The molecule has 2 rings (SSSR count). The molecule has 20 heavy (non-hydrogen) atoms. The monoisotopic (exact) mass is 338 g/mol. The Morgan fingerprint density at radius 3 is 2.90 bits per heavy atom. The maximum Gasteiger partial charge on any atom is 0.303 e. The predicted molar refractivity (Wildman–Crippen MR) is 77.3 cm³/mol. The fraction of sp³-hybridized carbons (Fsp3) is 0.357. The number of aromatic nitrogens is 2. The van der Waals surface area contributed by atoms with E-state index in [4.69, 9.17) is 9.63 Å². The summed E-state index contributed by atoms with van der Waals surface area (Å²) in [6.45, 7) is 3.85. The molecule has 0 spiro atoms. The molecule has 0 saturated heterocycles. The molecular formula is C14H15BrN2O3. The molecule has 1 unspecified atom stereocenters. The fourth-order valence-corrected chi connectivity index (χ4v) is 2.23. The number of hydrogen-bond donors (Lipinski definition) is 1. The summed E-state index contributed by atoms with van der Waals surface area (Å²) in [6, 6.07) is 5.84. The van der Waals surface area contributed by atoms with Gasteiger partial charge in [-0.3, -0.25) is 4.79 Å². The van der Waals surface area contributed by atoms with Crippen LogP contribution < -0.4 is 0 Å². The lowest BCUT2D eigenvalue weighted by Crippen LogP contribution is -2.07. The number of halogens is 1. The smallest absolute Gasteiger partial charge is 0.303 e. The van der Waals surface area contributed by atoms with Crippen LogP contribution in [0.25, 0.3) is 11.4 Å². The van der Waals surface area contributed by atoms with Crippen LogP contribution in [-0.4, -0.2) is 21.2 Å². The van der Waals surface area contributed by atoms with Crippen molar-refractivity contribution in [3.63, 3.8) is 0 Å². The van der Waals surface area contributed by atoms with Crippen LogP contribution in [0.3, 0.4) is 0 Å². The number of carboxylic acids is 1. The Hall–Kier alpha value is -1.69. The van der Waals surface area contributed by atoms with E-state index in [1.807, 2.05) is 32.0 Å². The molecule has 0 saturated carbocycles. The van der Waals surface area contributed by atoms with Crippen molar-refractivity contribution in [2.24, 2.45) is 5.92 Å².